The Bertz CT molecular complexity index is 664. The van der Waals surface area contributed by atoms with Crippen LogP contribution in [-0.4, -0.2) is 41.1 Å². The molecule has 1 aromatic carbocycles. The van der Waals surface area contributed by atoms with E-state index in [0.29, 0.717) is 30.4 Å². The fourth-order valence-electron chi connectivity index (χ4n) is 2.71. The van der Waals surface area contributed by atoms with Gasteiger partial charge in [-0.1, -0.05) is 12.1 Å². The molecule has 1 aliphatic rings. The van der Waals surface area contributed by atoms with Crippen molar-refractivity contribution in [2.24, 2.45) is 0 Å². The molecule has 1 saturated carbocycles. The van der Waals surface area contributed by atoms with E-state index in [4.69, 9.17) is 9.15 Å². The Labute approximate surface area is 141 Å². The van der Waals surface area contributed by atoms with Crippen LogP contribution in [0.1, 0.15) is 35.9 Å². The highest BCUT2D eigenvalue weighted by Crippen LogP contribution is 2.28. The molecule has 1 N–H and O–H groups in total. The number of ketones is 1. The van der Waals surface area contributed by atoms with Crippen molar-refractivity contribution in [2.75, 3.05) is 13.2 Å². The van der Waals surface area contributed by atoms with Gasteiger partial charge in [0.2, 0.25) is 0 Å². The molecule has 0 bridgehead atoms. The first-order valence-corrected chi connectivity index (χ1v) is 8.30. The van der Waals surface area contributed by atoms with Gasteiger partial charge in [0.25, 0.3) is 0 Å². The number of hydrogen-bond acceptors (Lipinski definition) is 5. The zero-order valence-electron chi connectivity index (χ0n) is 13.9. The molecule has 128 valence electrons. The summed E-state index contributed by atoms with van der Waals surface area (Å²) in [6.45, 7) is 2.96. The molecule has 3 rings (SSSR count). The smallest absolute Gasteiger partial charge is 0.159 e. The molecular formula is C19H23NO4. The van der Waals surface area contributed by atoms with E-state index in [1.165, 1.54) is 6.92 Å². The molecule has 1 atom stereocenters. The minimum absolute atomic E-state index is 0.000597. The molecule has 24 heavy (non-hydrogen) atoms. The van der Waals surface area contributed by atoms with E-state index in [-0.39, 0.29) is 12.4 Å². The van der Waals surface area contributed by atoms with Gasteiger partial charge in [-0.15, -0.1) is 0 Å². The summed E-state index contributed by atoms with van der Waals surface area (Å²) in [6.07, 6.45) is 3.40. The number of ether oxygens (including phenoxy) is 1. The zero-order valence-corrected chi connectivity index (χ0v) is 13.9. The number of aliphatic hydroxyl groups excluding tert-OH is 1. The lowest BCUT2D eigenvalue weighted by molar-refractivity contribution is 0.0602. The van der Waals surface area contributed by atoms with E-state index in [2.05, 4.69) is 4.90 Å². The van der Waals surface area contributed by atoms with Crippen LogP contribution in [0.5, 0.6) is 5.75 Å². The Morgan fingerprint density at radius 3 is 2.88 bits per heavy atom. The van der Waals surface area contributed by atoms with E-state index < -0.39 is 6.10 Å². The van der Waals surface area contributed by atoms with Crippen LogP contribution in [-0.2, 0) is 6.54 Å². The molecular weight excluding hydrogens is 306 g/mol. The maximum absolute atomic E-state index is 11.4. The number of carbonyl (C=O) groups is 1. The van der Waals surface area contributed by atoms with Gasteiger partial charge in [0, 0.05) is 18.2 Å². The predicted octanol–water partition coefficient (Wildman–Crippen LogP) is 2.89. The summed E-state index contributed by atoms with van der Waals surface area (Å²) in [6, 6.07) is 11.4. The Morgan fingerprint density at radius 2 is 2.21 bits per heavy atom. The number of aliphatic hydroxyl groups is 1. The van der Waals surface area contributed by atoms with Gasteiger partial charge in [0.05, 0.1) is 12.8 Å². The molecule has 0 spiro atoms. The van der Waals surface area contributed by atoms with Gasteiger partial charge < -0.3 is 14.3 Å². The normalized spacial score (nSPS) is 15.5. The van der Waals surface area contributed by atoms with Crippen molar-refractivity contribution >= 4 is 5.78 Å². The second-order valence-electron chi connectivity index (χ2n) is 6.29. The Kier molecular flexibility index (Phi) is 5.33. The number of Topliss-reactive ketones (excluding diaryl/α,β-unsaturated/α-hetero) is 1. The van der Waals surface area contributed by atoms with Gasteiger partial charge in [0.1, 0.15) is 24.2 Å². The quantitative estimate of drug-likeness (QED) is 0.717. The summed E-state index contributed by atoms with van der Waals surface area (Å²) in [7, 11) is 0. The SMILES string of the molecule is CC(=O)c1cccc(OCC(O)CN(Cc2ccco2)C2CC2)c1. The van der Waals surface area contributed by atoms with Crippen molar-refractivity contribution in [3.63, 3.8) is 0 Å². The van der Waals surface area contributed by atoms with Crippen molar-refractivity contribution in [1.82, 2.24) is 4.90 Å². The molecule has 5 nitrogen and oxygen atoms in total. The van der Waals surface area contributed by atoms with Crippen LogP contribution in [0.3, 0.4) is 0 Å². The Morgan fingerprint density at radius 1 is 1.38 bits per heavy atom. The fraction of sp³-hybridized carbons (Fsp3) is 0.421. The average molecular weight is 329 g/mol. The van der Waals surface area contributed by atoms with Gasteiger partial charge >= 0.3 is 0 Å². The van der Waals surface area contributed by atoms with E-state index in [1.54, 1.807) is 30.5 Å². The Balaban J connectivity index is 1.51. The largest absolute Gasteiger partial charge is 0.491 e. The summed E-state index contributed by atoms with van der Waals surface area (Å²) >= 11 is 0. The molecule has 1 aliphatic carbocycles. The van der Waals surface area contributed by atoms with Crippen LogP contribution in [0.2, 0.25) is 0 Å². The molecule has 0 amide bonds. The monoisotopic (exact) mass is 329 g/mol. The van der Waals surface area contributed by atoms with Gasteiger partial charge in [-0.25, -0.2) is 0 Å². The maximum Gasteiger partial charge on any atom is 0.159 e. The van der Waals surface area contributed by atoms with E-state index in [1.807, 2.05) is 12.1 Å². The maximum atomic E-state index is 11.4. The van der Waals surface area contributed by atoms with Gasteiger partial charge in [-0.05, 0) is 44.0 Å². The third kappa shape index (κ3) is 4.69. The number of furan rings is 1. The highest BCUT2D eigenvalue weighted by atomic mass is 16.5. The second kappa shape index (κ2) is 7.64. The molecule has 1 heterocycles. The summed E-state index contributed by atoms with van der Waals surface area (Å²) in [4.78, 5) is 13.6. The van der Waals surface area contributed by atoms with Crippen molar-refractivity contribution in [1.29, 1.82) is 0 Å². The molecule has 0 aliphatic heterocycles. The fourth-order valence-corrected chi connectivity index (χ4v) is 2.71. The van der Waals surface area contributed by atoms with Crippen LogP contribution in [0, 0.1) is 0 Å². The van der Waals surface area contributed by atoms with Crippen molar-refractivity contribution in [2.45, 2.75) is 38.5 Å². The average Bonchev–Trinajstić information content (AvgIpc) is 3.30. The summed E-state index contributed by atoms with van der Waals surface area (Å²) in [5.74, 6) is 1.51. The van der Waals surface area contributed by atoms with Crippen molar-refractivity contribution in [3.8, 4) is 5.75 Å². The number of benzene rings is 1. The van der Waals surface area contributed by atoms with Crippen LogP contribution in [0.4, 0.5) is 0 Å². The summed E-state index contributed by atoms with van der Waals surface area (Å²) < 4.78 is 11.0. The first-order chi connectivity index (χ1) is 11.6. The lowest BCUT2D eigenvalue weighted by Crippen LogP contribution is -2.36. The molecule has 0 radical (unpaired) electrons. The summed E-state index contributed by atoms with van der Waals surface area (Å²) in [5.41, 5.74) is 0.611. The molecule has 1 unspecified atom stereocenters. The third-order valence-corrected chi connectivity index (χ3v) is 4.13. The minimum Gasteiger partial charge on any atom is -0.491 e. The summed E-state index contributed by atoms with van der Waals surface area (Å²) in [5, 5.41) is 10.3. The predicted molar refractivity (Wildman–Crippen MR) is 90.1 cm³/mol. The first kappa shape index (κ1) is 16.7. The van der Waals surface area contributed by atoms with Crippen LogP contribution < -0.4 is 4.74 Å². The van der Waals surface area contributed by atoms with Crippen LogP contribution in [0.15, 0.2) is 47.1 Å². The number of nitrogens with zero attached hydrogens (tertiary/aromatic N) is 1. The topological polar surface area (TPSA) is 62.9 Å². The van der Waals surface area contributed by atoms with Crippen molar-refractivity contribution in [3.05, 3.63) is 54.0 Å². The molecule has 1 fully saturated rings. The van der Waals surface area contributed by atoms with E-state index in [0.717, 1.165) is 18.6 Å². The number of carbonyl (C=O) groups excluding carboxylic acids is 1. The molecule has 2 aromatic rings. The third-order valence-electron chi connectivity index (χ3n) is 4.13. The molecule has 1 aromatic heterocycles. The lowest BCUT2D eigenvalue weighted by Gasteiger charge is -2.24. The zero-order chi connectivity index (χ0) is 16.9. The standard InChI is InChI=1S/C19H23NO4/c1-14(21)15-4-2-5-18(10-15)24-13-17(22)11-20(16-7-8-16)12-19-6-3-9-23-19/h2-6,9-10,16-17,22H,7-8,11-13H2,1H3. The van der Waals surface area contributed by atoms with Crippen LogP contribution in [0.25, 0.3) is 0 Å². The Hall–Kier alpha value is -2.11. The number of rotatable bonds is 9. The van der Waals surface area contributed by atoms with E-state index in [9.17, 15) is 9.90 Å². The van der Waals surface area contributed by atoms with Gasteiger partial charge in [-0.2, -0.15) is 0 Å². The minimum atomic E-state index is -0.596. The second-order valence-corrected chi connectivity index (χ2v) is 6.29. The van der Waals surface area contributed by atoms with Gasteiger partial charge in [0.15, 0.2) is 5.78 Å². The molecule has 5 heteroatoms. The van der Waals surface area contributed by atoms with E-state index >= 15 is 0 Å². The highest BCUT2D eigenvalue weighted by Gasteiger charge is 2.30. The number of hydrogen-bond donors (Lipinski definition) is 1. The molecule has 0 saturated heterocycles. The first-order valence-electron chi connectivity index (χ1n) is 8.30. The highest BCUT2D eigenvalue weighted by molar-refractivity contribution is 5.94. The van der Waals surface area contributed by atoms with Crippen LogP contribution >= 0.6 is 0 Å². The van der Waals surface area contributed by atoms with Gasteiger partial charge in [-0.3, -0.25) is 9.69 Å². The van der Waals surface area contributed by atoms with Crippen molar-refractivity contribution < 1.29 is 19.1 Å². The lowest BCUT2D eigenvalue weighted by atomic mass is 10.1.